The molecule has 1 aromatic heterocycles. The minimum absolute atomic E-state index is 0.184. The lowest BCUT2D eigenvalue weighted by Crippen LogP contribution is -2.41. The first-order valence-corrected chi connectivity index (χ1v) is 8.69. The van der Waals surface area contributed by atoms with Gasteiger partial charge in [0.2, 0.25) is 5.95 Å². The Morgan fingerprint density at radius 3 is 2.55 bits per heavy atom. The van der Waals surface area contributed by atoms with Crippen molar-refractivity contribution in [3.8, 4) is 0 Å². The third kappa shape index (κ3) is 2.71. The summed E-state index contributed by atoms with van der Waals surface area (Å²) in [5.74, 6) is 1.47. The largest absolute Gasteiger partial charge is 0.368 e. The van der Waals surface area contributed by atoms with Gasteiger partial charge in [-0.25, -0.2) is 13.4 Å². The van der Waals surface area contributed by atoms with Gasteiger partial charge in [-0.1, -0.05) is 0 Å². The van der Waals surface area contributed by atoms with Crippen molar-refractivity contribution in [2.24, 2.45) is 0 Å². The lowest BCUT2D eigenvalue weighted by molar-refractivity contribution is 0.586. The molecule has 3 N–H and O–H groups in total. The predicted molar refractivity (Wildman–Crippen MR) is 77.6 cm³/mol. The van der Waals surface area contributed by atoms with Gasteiger partial charge in [0.15, 0.2) is 9.84 Å². The first-order chi connectivity index (χ1) is 9.55. The highest BCUT2D eigenvalue weighted by Gasteiger charge is 2.26. The van der Waals surface area contributed by atoms with Crippen molar-refractivity contribution in [2.45, 2.75) is 12.8 Å². The quantitative estimate of drug-likeness (QED) is 0.684. The lowest BCUT2D eigenvalue weighted by Gasteiger charge is -2.29. The Kier molecular flexibility index (Phi) is 3.51. The zero-order chi connectivity index (χ0) is 14.2. The molecule has 0 aliphatic carbocycles. The summed E-state index contributed by atoms with van der Waals surface area (Å²) in [5.41, 5.74) is 7.91. The highest BCUT2D eigenvalue weighted by atomic mass is 32.2. The molecule has 20 heavy (non-hydrogen) atoms. The van der Waals surface area contributed by atoms with Crippen LogP contribution < -0.4 is 16.0 Å². The van der Waals surface area contributed by atoms with Crippen LogP contribution in [-0.2, 0) is 22.7 Å². The van der Waals surface area contributed by atoms with Crippen LogP contribution in [-0.4, -0.2) is 56.1 Å². The number of anilines is 2. The maximum absolute atomic E-state index is 11.5. The number of fused-ring (bicyclic) bond motifs is 1. The molecule has 0 atom stereocenters. The summed E-state index contributed by atoms with van der Waals surface area (Å²) >= 11 is 0. The maximum atomic E-state index is 11.5. The van der Waals surface area contributed by atoms with Crippen molar-refractivity contribution in [1.29, 1.82) is 0 Å². The zero-order valence-corrected chi connectivity index (χ0v) is 12.1. The highest BCUT2D eigenvalue weighted by Crippen LogP contribution is 2.25. The van der Waals surface area contributed by atoms with Crippen LogP contribution in [0.15, 0.2) is 0 Å². The molecule has 0 spiro atoms. The van der Waals surface area contributed by atoms with Gasteiger partial charge in [0.05, 0.1) is 17.2 Å². The van der Waals surface area contributed by atoms with E-state index in [-0.39, 0.29) is 17.5 Å². The fourth-order valence-electron chi connectivity index (χ4n) is 2.73. The second kappa shape index (κ2) is 5.17. The fourth-order valence-corrected chi connectivity index (χ4v) is 3.93. The van der Waals surface area contributed by atoms with E-state index < -0.39 is 9.84 Å². The molecule has 110 valence electrons. The van der Waals surface area contributed by atoms with E-state index in [1.165, 1.54) is 0 Å². The van der Waals surface area contributed by atoms with Gasteiger partial charge in [-0.3, -0.25) is 0 Å². The standard InChI is InChI=1S/C12H19N5O2S/c13-12-15-10-2-4-14-3-1-9(10)11(16-12)17-5-7-20(18,19)8-6-17/h14H,1-8H2,(H2,13,15,16). The highest BCUT2D eigenvalue weighted by molar-refractivity contribution is 7.91. The molecule has 2 aliphatic heterocycles. The third-order valence-corrected chi connectivity index (χ3v) is 5.43. The molecule has 2 aliphatic rings. The van der Waals surface area contributed by atoms with E-state index in [4.69, 9.17) is 5.73 Å². The van der Waals surface area contributed by atoms with Crippen molar-refractivity contribution in [1.82, 2.24) is 15.3 Å². The van der Waals surface area contributed by atoms with E-state index in [1.807, 2.05) is 4.90 Å². The number of hydrogen-bond donors (Lipinski definition) is 2. The van der Waals surface area contributed by atoms with Gasteiger partial charge in [0, 0.05) is 31.6 Å². The Hall–Kier alpha value is -1.41. The van der Waals surface area contributed by atoms with Crippen LogP contribution in [0.1, 0.15) is 11.3 Å². The van der Waals surface area contributed by atoms with Crippen LogP contribution in [0.5, 0.6) is 0 Å². The monoisotopic (exact) mass is 297 g/mol. The molecule has 8 heteroatoms. The van der Waals surface area contributed by atoms with E-state index in [0.29, 0.717) is 13.1 Å². The second-order valence-electron chi connectivity index (χ2n) is 5.22. The smallest absolute Gasteiger partial charge is 0.222 e. The number of nitrogens with two attached hydrogens (primary N) is 1. The Labute approximate surface area is 118 Å². The molecular formula is C12H19N5O2S. The Bertz CT molecular complexity index is 603. The Morgan fingerprint density at radius 2 is 1.80 bits per heavy atom. The molecule has 3 rings (SSSR count). The van der Waals surface area contributed by atoms with Crippen LogP contribution >= 0.6 is 0 Å². The third-order valence-electron chi connectivity index (χ3n) is 3.82. The molecule has 1 aromatic rings. The van der Waals surface area contributed by atoms with Gasteiger partial charge in [-0.05, 0) is 13.0 Å². The van der Waals surface area contributed by atoms with E-state index in [0.717, 1.165) is 43.0 Å². The molecule has 0 radical (unpaired) electrons. The van der Waals surface area contributed by atoms with Gasteiger partial charge >= 0.3 is 0 Å². The van der Waals surface area contributed by atoms with Crippen molar-refractivity contribution < 1.29 is 8.42 Å². The lowest BCUT2D eigenvalue weighted by atomic mass is 10.1. The van der Waals surface area contributed by atoms with Gasteiger partial charge in [-0.15, -0.1) is 0 Å². The summed E-state index contributed by atoms with van der Waals surface area (Å²) in [4.78, 5) is 10.7. The summed E-state index contributed by atoms with van der Waals surface area (Å²) in [5, 5.41) is 3.33. The van der Waals surface area contributed by atoms with Crippen LogP contribution in [0.3, 0.4) is 0 Å². The summed E-state index contributed by atoms with van der Waals surface area (Å²) < 4.78 is 23.1. The van der Waals surface area contributed by atoms with Crippen LogP contribution in [0.4, 0.5) is 11.8 Å². The number of nitrogens with one attached hydrogen (secondary N) is 1. The van der Waals surface area contributed by atoms with Gasteiger partial charge in [-0.2, -0.15) is 4.98 Å². The number of rotatable bonds is 1. The van der Waals surface area contributed by atoms with E-state index in [9.17, 15) is 8.42 Å². The molecule has 0 aromatic carbocycles. The van der Waals surface area contributed by atoms with Crippen molar-refractivity contribution in [3.63, 3.8) is 0 Å². The molecule has 1 fully saturated rings. The molecule has 1 saturated heterocycles. The first kappa shape index (κ1) is 13.6. The molecule has 3 heterocycles. The average molecular weight is 297 g/mol. The molecule has 7 nitrogen and oxygen atoms in total. The molecule has 0 saturated carbocycles. The minimum Gasteiger partial charge on any atom is -0.368 e. The fraction of sp³-hybridized carbons (Fsp3) is 0.667. The summed E-state index contributed by atoms with van der Waals surface area (Å²) in [6.45, 7) is 2.74. The summed E-state index contributed by atoms with van der Waals surface area (Å²) in [6, 6.07) is 0. The van der Waals surface area contributed by atoms with Gasteiger partial charge in [0.25, 0.3) is 0 Å². The van der Waals surface area contributed by atoms with Crippen LogP contribution in [0.25, 0.3) is 0 Å². The number of aromatic nitrogens is 2. The minimum atomic E-state index is -2.89. The summed E-state index contributed by atoms with van der Waals surface area (Å²) in [6.07, 6.45) is 1.69. The summed E-state index contributed by atoms with van der Waals surface area (Å²) in [7, 11) is -2.89. The van der Waals surface area contributed by atoms with Gasteiger partial charge < -0.3 is 16.0 Å². The normalized spacial score (nSPS) is 22.1. The van der Waals surface area contributed by atoms with Crippen molar-refractivity contribution in [2.75, 3.05) is 48.3 Å². The average Bonchev–Trinajstić information content (AvgIpc) is 2.63. The number of hydrogen-bond acceptors (Lipinski definition) is 7. The van der Waals surface area contributed by atoms with E-state index in [2.05, 4.69) is 15.3 Å². The van der Waals surface area contributed by atoms with Crippen LogP contribution in [0, 0.1) is 0 Å². The molecule has 0 bridgehead atoms. The van der Waals surface area contributed by atoms with E-state index >= 15 is 0 Å². The zero-order valence-electron chi connectivity index (χ0n) is 11.3. The van der Waals surface area contributed by atoms with Gasteiger partial charge in [0.1, 0.15) is 5.82 Å². The maximum Gasteiger partial charge on any atom is 0.222 e. The van der Waals surface area contributed by atoms with Crippen molar-refractivity contribution in [3.05, 3.63) is 11.3 Å². The van der Waals surface area contributed by atoms with Crippen LogP contribution in [0.2, 0.25) is 0 Å². The molecule has 0 unspecified atom stereocenters. The van der Waals surface area contributed by atoms with E-state index in [1.54, 1.807) is 0 Å². The topological polar surface area (TPSA) is 101 Å². The molecular weight excluding hydrogens is 278 g/mol. The Balaban J connectivity index is 1.95. The van der Waals surface area contributed by atoms with Crippen molar-refractivity contribution >= 4 is 21.6 Å². The SMILES string of the molecule is Nc1nc2c(c(N3CCS(=O)(=O)CC3)n1)CCNCC2. The number of nitrogen functional groups attached to an aromatic ring is 1. The number of sulfone groups is 1. The first-order valence-electron chi connectivity index (χ1n) is 6.86. The number of nitrogens with zero attached hydrogens (tertiary/aromatic N) is 3. The Morgan fingerprint density at radius 1 is 1.10 bits per heavy atom. The predicted octanol–water partition coefficient (Wildman–Crippen LogP) is -1.02. The molecule has 0 amide bonds. The second-order valence-corrected chi connectivity index (χ2v) is 7.52.